The van der Waals surface area contributed by atoms with Gasteiger partial charge in [-0.3, -0.25) is 9.69 Å². The second-order valence-electron chi connectivity index (χ2n) is 11.4. The number of piperidine rings is 1. The van der Waals surface area contributed by atoms with E-state index in [2.05, 4.69) is 17.0 Å². The van der Waals surface area contributed by atoms with Crippen LogP contribution in [0.25, 0.3) is 0 Å². The van der Waals surface area contributed by atoms with Crippen molar-refractivity contribution in [3.8, 4) is 5.75 Å². The second kappa shape index (κ2) is 12.7. The third kappa shape index (κ3) is 5.87. The first-order valence-corrected chi connectivity index (χ1v) is 14.9. The van der Waals surface area contributed by atoms with Gasteiger partial charge in [0.2, 0.25) is 0 Å². The Bertz CT molecular complexity index is 1560. The van der Waals surface area contributed by atoms with Gasteiger partial charge in [0, 0.05) is 12.1 Å². The van der Waals surface area contributed by atoms with Crippen LogP contribution in [0.15, 0.2) is 108 Å². The summed E-state index contributed by atoms with van der Waals surface area (Å²) >= 11 is 0. The molecule has 1 amide bonds. The van der Waals surface area contributed by atoms with Crippen LogP contribution in [0.2, 0.25) is 0 Å². The van der Waals surface area contributed by atoms with Crippen LogP contribution in [-0.2, 0) is 10.3 Å². The van der Waals surface area contributed by atoms with E-state index in [1.54, 1.807) is 7.11 Å². The lowest BCUT2D eigenvalue weighted by molar-refractivity contribution is -0.131. The molecule has 1 unspecified atom stereocenters. The maximum atomic E-state index is 14.5. The van der Waals surface area contributed by atoms with E-state index in [-0.39, 0.29) is 12.5 Å². The highest BCUT2D eigenvalue weighted by Gasteiger charge is 2.51. The average molecular weight is 596 g/mol. The zero-order valence-corrected chi connectivity index (χ0v) is 24.6. The predicted molar refractivity (Wildman–Crippen MR) is 166 cm³/mol. The number of aliphatic hydroxyl groups is 1. The Morgan fingerprint density at radius 2 is 1.41 bits per heavy atom. The molecule has 0 saturated carbocycles. The van der Waals surface area contributed by atoms with Gasteiger partial charge in [-0.25, -0.2) is 13.8 Å². The van der Waals surface area contributed by atoms with Crippen molar-refractivity contribution in [1.82, 2.24) is 9.80 Å². The molecule has 0 radical (unpaired) electrons. The monoisotopic (exact) mass is 595 g/mol. The molecule has 2 heterocycles. The minimum atomic E-state index is -1.57. The molecule has 6 rings (SSSR count). The van der Waals surface area contributed by atoms with E-state index in [1.807, 2.05) is 42.5 Å². The lowest BCUT2D eigenvalue weighted by atomic mass is 9.82. The fourth-order valence-electron chi connectivity index (χ4n) is 6.35. The van der Waals surface area contributed by atoms with E-state index in [4.69, 9.17) is 9.73 Å². The number of amidine groups is 1. The van der Waals surface area contributed by atoms with Gasteiger partial charge in [0.15, 0.2) is 5.54 Å². The number of halogens is 2. The fraction of sp³-hybridized carbons (Fsp3) is 0.278. The lowest BCUT2D eigenvalue weighted by Crippen LogP contribution is -2.48. The summed E-state index contributed by atoms with van der Waals surface area (Å²) in [6.07, 6.45) is 1.09. The quantitative estimate of drug-likeness (QED) is 0.268. The summed E-state index contributed by atoms with van der Waals surface area (Å²) in [5.41, 5.74) is 1.35. The van der Waals surface area contributed by atoms with Gasteiger partial charge >= 0.3 is 0 Å². The molecule has 0 aliphatic carbocycles. The van der Waals surface area contributed by atoms with Gasteiger partial charge in [-0.05, 0) is 84.9 Å². The molecule has 1 saturated heterocycles. The van der Waals surface area contributed by atoms with Gasteiger partial charge in [-0.1, -0.05) is 66.7 Å². The Hall–Kier alpha value is -4.40. The van der Waals surface area contributed by atoms with Crippen molar-refractivity contribution in [2.24, 2.45) is 4.99 Å². The van der Waals surface area contributed by atoms with Gasteiger partial charge in [0.05, 0.1) is 19.8 Å². The van der Waals surface area contributed by atoms with E-state index in [0.29, 0.717) is 35.0 Å². The summed E-state index contributed by atoms with van der Waals surface area (Å²) in [6.45, 7) is 2.09. The number of hydrogen-bond donors (Lipinski definition) is 1. The molecule has 4 aromatic rings. The van der Waals surface area contributed by atoms with Crippen molar-refractivity contribution in [1.29, 1.82) is 0 Å². The van der Waals surface area contributed by atoms with Gasteiger partial charge < -0.3 is 14.7 Å². The molecule has 4 aromatic carbocycles. The summed E-state index contributed by atoms with van der Waals surface area (Å²) in [5.74, 6) is 0.422. The molecule has 0 bridgehead atoms. The SMILES string of the molecule is COc1ccc(C2CCN(CC(O)CN3C(=O)C(c4ccc(F)cc4)(c4ccc(F)cc4)N=C3c3ccccc3)CC2)cc1. The zero-order valence-electron chi connectivity index (χ0n) is 24.6. The number of aliphatic hydroxyl groups excluding tert-OH is 1. The molecule has 226 valence electrons. The molecule has 44 heavy (non-hydrogen) atoms. The zero-order chi connectivity index (χ0) is 30.7. The van der Waals surface area contributed by atoms with E-state index in [9.17, 15) is 18.7 Å². The molecule has 1 fully saturated rings. The number of aliphatic imine (C=N–C) groups is 1. The van der Waals surface area contributed by atoms with Gasteiger partial charge in [0.25, 0.3) is 5.91 Å². The molecule has 0 spiro atoms. The Kier molecular flexibility index (Phi) is 8.55. The summed E-state index contributed by atoms with van der Waals surface area (Å²) in [4.78, 5) is 23.3. The number of β-amino-alcohol motifs (C(OH)–C–C–N with tert-alkyl or cyclic N) is 1. The largest absolute Gasteiger partial charge is 0.497 e. The van der Waals surface area contributed by atoms with Crippen LogP contribution in [-0.4, -0.2) is 66.0 Å². The molecule has 8 heteroatoms. The summed E-state index contributed by atoms with van der Waals surface area (Å²) < 4.78 is 33.3. The van der Waals surface area contributed by atoms with Crippen molar-refractivity contribution < 1.29 is 23.4 Å². The number of nitrogens with zero attached hydrogens (tertiary/aromatic N) is 3. The Morgan fingerprint density at radius 1 is 0.841 bits per heavy atom. The van der Waals surface area contributed by atoms with Crippen molar-refractivity contribution in [3.05, 3.63) is 137 Å². The summed E-state index contributed by atoms with van der Waals surface area (Å²) in [6, 6.07) is 28.8. The number of rotatable bonds is 9. The molecule has 6 nitrogen and oxygen atoms in total. The van der Waals surface area contributed by atoms with Crippen LogP contribution in [0.4, 0.5) is 8.78 Å². The van der Waals surface area contributed by atoms with Crippen LogP contribution in [0.1, 0.15) is 41.0 Å². The minimum absolute atomic E-state index is 0.0229. The van der Waals surface area contributed by atoms with Crippen molar-refractivity contribution >= 4 is 11.7 Å². The highest BCUT2D eigenvalue weighted by atomic mass is 19.1. The molecule has 2 aliphatic heterocycles. The highest BCUT2D eigenvalue weighted by molar-refractivity contribution is 6.16. The summed E-state index contributed by atoms with van der Waals surface area (Å²) in [7, 11) is 1.66. The molecular weight excluding hydrogens is 560 g/mol. The first-order valence-electron chi connectivity index (χ1n) is 14.9. The minimum Gasteiger partial charge on any atom is -0.497 e. The lowest BCUT2D eigenvalue weighted by Gasteiger charge is -2.34. The maximum absolute atomic E-state index is 14.5. The standard InChI is InChI=1S/C36H35F2N3O3/c1-44-33-17-7-25(8-18-33)26-19-21-40(22-20-26)23-32(42)24-41-34(27-5-3-2-4-6-27)39-36(35(41)43,28-9-13-30(37)14-10-28)29-11-15-31(38)16-12-29/h2-18,26,32,42H,19-24H2,1H3. The first kappa shape index (κ1) is 29.7. The third-order valence-electron chi connectivity index (χ3n) is 8.68. The smallest absolute Gasteiger partial charge is 0.265 e. The van der Waals surface area contributed by atoms with E-state index >= 15 is 0 Å². The van der Waals surface area contributed by atoms with Gasteiger partial charge in [-0.2, -0.15) is 0 Å². The maximum Gasteiger partial charge on any atom is 0.265 e. The number of likely N-dealkylation sites (tertiary alicyclic amines) is 1. The first-order chi connectivity index (χ1) is 21.4. The molecule has 2 aliphatic rings. The van der Waals surface area contributed by atoms with Crippen molar-refractivity contribution in [3.63, 3.8) is 0 Å². The molecular formula is C36H35F2N3O3. The number of amides is 1. The second-order valence-corrected chi connectivity index (χ2v) is 11.4. The number of methoxy groups -OCH3 is 1. The number of ether oxygens (including phenoxy) is 1. The van der Waals surface area contributed by atoms with E-state index < -0.39 is 23.3 Å². The third-order valence-corrected chi connectivity index (χ3v) is 8.68. The van der Waals surface area contributed by atoms with Crippen LogP contribution < -0.4 is 4.74 Å². The Labute approximate surface area is 256 Å². The van der Waals surface area contributed by atoms with E-state index in [1.165, 1.54) is 59.0 Å². The number of benzene rings is 4. The normalized spacial score (nSPS) is 17.9. The van der Waals surface area contributed by atoms with Gasteiger partial charge in [0.1, 0.15) is 23.2 Å². The van der Waals surface area contributed by atoms with Crippen molar-refractivity contribution in [2.45, 2.75) is 30.4 Å². The molecule has 1 N–H and O–H groups in total. The topological polar surface area (TPSA) is 65.4 Å². The Balaban J connectivity index is 1.25. The van der Waals surface area contributed by atoms with Gasteiger partial charge in [-0.15, -0.1) is 0 Å². The van der Waals surface area contributed by atoms with Crippen molar-refractivity contribution in [2.75, 3.05) is 33.3 Å². The number of carbonyl (C=O) groups excluding carboxylic acids is 1. The Morgan fingerprint density at radius 3 is 1.95 bits per heavy atom. The number of hydrogen-bond acceptors (Lipinski definition) is 5. The van der Waals surface area contributed by atoms with Crippen LogP contribution in [0, 0.1) is 11.6 Å². The van der Waals surface area contributed by atoms with E-state index in [0.717, 1.165) is 31.7 Å². The summed E-state index contributed by atoms with van der Waals surface area (Å²) in [5, 5.41) is 11.4. The fourth-order valence-corrected chi connectivity index (χ4v) is 6.35. The van der Waals surface area contributed by atoms with Crippen LogP contribution >= 0.6 is 0 Å². The predicted octanol–water partition coefficient (Wildman–Crippen LogP) is 5.75. The van der Waals surface area contributed by atoms with Crippen LogP contribution in [0.5, 0.6) is 5.75 Å². The average Bonchev–Trinajstić information content (AvgIpc) is 3.34. The van der Waals surface area contributed by atoms with Crippen LogP contribution in [0.3, 0.4) is 0 Å². The molecule has 1 atom stereocenters. The molecule has 0 aromatic heterocycles. The highest BCUT2D eigenvalue weighted by Crippen LogP contribution is 2.41. The number of carbonyl (C=O) groups is 1.